The average molecular weight is 441 g/mol. The maximum atomic E-state index is 13.8. The first-order valence-corrected chi connectivity index (χ1v) is 11.4. The smallest absolute Gasteiger partial charge is 0.262 e. The van der Waals surface area contributed by atoms with Crippen LogP contribution in [0.3, 0.4) is 0 Å². The van der Waals surface area contributed by atoms with E-state index in [9.17, 15) is 4.79 Å². The molecule has 0 fully saturated rings. The molecule has 1 amide bonds. The summed E-state index contributed by atoms with van der Waals surface area (Å²) in [5.74, 6) is 0.668. The Kier molecular flexibility index (Phi) is 5.41. The first-order chi connectivity index (χ1) is 15.6. The molecule has 0 bridgehead atoms. The fourth-order valence-electron chi connectivity index (χ4n) is 4.17. The van der Waals surface area contributed by atoms with Crippen molar-refractivity contribution in [3.8, 4) is 5.75 Å². The molecule has 4 nitrogen and oxygen atoms in total. The lowest BCUT2D eigenvalue weighted by Crippen LogP contribution is -2.48. The standard InChI is InChI=1S/C27H24N2O2S/c1-19-16-17-25(32-19)26-28(2)22-13-7-6-12-21(22)27(30)29(26)23-14-8-9-15-24(23)31-18-20-10-4-3-5-11-20/h3-17,26H,18H2,1-2H3. The molecule has 5 heteroatoms. The molecule has 5 rings (SSSR count). The Balaban J connectivity index is 1.60. The zero-order valence-corrected chi connectivity index (χ0v) is 18.9. The molecule has 0 saturated carbocycles. The second-order valence-electron chi connectivity index (χ2n) is 7.87. The van der Waals surface area contributed by atoms with Gasteiger partial charge in [0.2, 0.25) is 0 Å². The molecule has 1 unspecified atom stereocenters. The zero-order valence-electron chi connectivity index (χ0n) is 18.1. The number of anilines is 2. The van der Waals surface area contributed by atoms with E-state index in [2.05, 4.69) is 24.0 Å². The highest BCUT2D eigenvalue weighted by atomic mass is 32.1. The van der Waals surface area contributed by atoms with E-state index < -0.39 is 0 Å². The Morgan fingerprint density at radius 2 is 1.53 bits per heavy atom. The lowest BCUT2D eigenvalue weighted by atomic mass is 10.0. The number of aryl methyl sites for hydroxylation is 1. The highest BCUT2D eigenvalue weighted by Gasteiger charge is 2.39. The quantitative estimate of drug-likeness (QED) is 0.358. The number of benzene rings is 3. The molecule has 32 heavy (non-hydrogen) atoms. The van der Waals surface area contributed by atoms with E-state index >= 15 is 0 Å². The largest absolute Gasteiger partial charge is 0.487 e. The van der Waals surface area contributed by atoms with Crippen molar-refractivity contribution in [1.29, 1.82) is 0 Å². The Morgan fingerprint density at radius 3 is 2.28 bits per heavy atom. The number of nitrogens with zero attached hydrogens (tertiary/aromatic N) is 2. The van der Waals surface area contributed by atoms with Crippen LogP contribution in [0.1, 0.15) is 31.8 Å². The van der Waals surface area contributed by atoms with Gasteiger partial charge >= 0.3 is 0 Å². The topological polar surface area (TPSA) is 32.8 Å². The van der Waals surface area contributed by atoms with Gasteiger partial charge in [-0.05, 0) is 48.9 Å². The molecule has 0 aliphatic carbocycles. The Labute approximate surface area is 192 Å². The first kappa shape index (κ1) is 20.3. The van der Waals surface area contributed by atoms with Crippen molar-refractivity contribution in [3.05, 3.63) is 112 Å². The fraction of sp³-hybridized carbons (Fsp3) is 0.148. The predicted octanol–water partition coefficient (Wildman–Crippen LogP) is 6.43. The van der Waals surface area contributed by atoms with Gasteiger partial charge in [0.05, 0.1) is 16.9 Å². The summed E-state index contributed by atoms with van der Waals surface area (Å²) in [5.41, 5.74) is 3.48. The van der Waals surface area contributed by atoms with Crippen LogP contribution in [-0.2, 0) is 6.61 Å². The van der Waals surface area contributed by atoms with Crippen molar-refractivity contribution in [3.63, 3.8) is 0 Å². The Bertz CT molecular complexity index is 1250. The fourth-order valence-corrected chi connectivity index (χ4v) is 5.19. The lowest BCUT2D eigenvalue weighted by molar-refractivity contribution is 0.0969. The third-order valence-electron chi connectivity index (χ3n) is 5.72. The number of carbonyl (C=O) groups excluding carboxylic acids is 1. The Hall–Kier alpha value is -3.57. The van der Waals surface area contributed by atoms with Crippen LogP contribution >= 0.6 is 11.3 Å². The van der Waals surface area contributed by atoms with Crippen molar-refractivity contribution in [2.75, 3.05) is 16.8 Å². The number of hydrogen-bond donors (Lipinski definition) is 0. The van der Waals surface area contributed by atoms with Crippen LogP contribution < -0.4 is 14.5 Å². The number of rotatable bonds is 5. The Morgan fingerprint density at radius 1 is 0.844 bits per heavy atom. The summed E-state index contributed by atoms with van der Waals surface area (Å²) in [6.45, 7) is 2.53. The highest BCUT2D eigenvalue weighted by molar-refractivity contribution is 7.12. The SMILES string of the molecule is Cc1ccc(C2N(C)c3ccccc3C(=O)N2c2ccccc2OCc2ccccc2)s1. The summed E-state index contributed by atoms with van der Waals surface area (Å²) in [6, 6.07) is 29.9. The minimum absolute atomic E-state index is 0.0227. The molecule has 1 aliphatic rings. The summed E-state index contributed by atoms with van der Waals surface area (Å²) in [4.78, 5) is 20.2. The van der Waals surface area contributed by atoms with Crippen molar-refractivity contribution < 1.29 is 9.53 Å². The molecule has 1 atom stereocenters. The van der Waals surface area contributed by atoms with Gasteiger partial charge in [-0.15, -0.1) is 11.3 Å². The van der Waals surface area contributed by atoms with E-state index in [1.54, 1.807) is 11.3 Å². The minimum atomic E-state index is -0.252. The van der Waals surface area contributed by atoms with Crippen LogP contribution in [0.5, 0.6) is 5.75 Å². The van der Waals surface area contributed by atoms with E-state index in [1.807, 2.05) is 90.8 Å². The third-order valence-corrected chi connectivity index (χ3v) is 6.76. The maximum Gasteiger partial charge on any atom is 0.262 e. The van der Waals surface area contributed by atoms with Crippen LogP contribution in [0.25, 0.3) is 0 Å². The molecule has 0 spiro atoms. The first-order valence-electron chi connectivity index (χ1n) is 10.6. The molecule has 0 N–H and O–H groups in total. The number of fused-ring (bicyclic) bond motifs is 1. The van der Waals surface area contributed by atoms with Crippen molar-refractivity contribution in [1.82, 2.24) is 0 Å². The van der Waals surface area contributed by atoms with Crippen LogP contribution in [0.15, 0.2) is 91.0 Å². The number of para-hydroxylation sites is 3. The van der Waals surface area contributed by atoms with Gasteiger partial charge in [-0.2, -0.15) is 0 Å². The van der Waals surface area contributed by atoms with E-state index in [1.165, 1.54) is 4.88 Å². The van der Waals surface area contributed by atoms with Gasteiger partial charge in [0.25, 0.3) is 5.91 Å². The number of thiophene rings is 1. The lowest BCUT2D eigenvalue weighted by Gasteiger charge is -2.43. The predicted molar refractivity (Wildman–Crippen MR) is 131 cm³/mol. The molecule has 0 saturated heterocycles. The number of amides is 1. The monoisotopic (exact) mass is 440 g/mol. The normalized spacial score (nSPS) is 15.6. The number of ether oxygens (including phenoxy) is 1. The summed E-state index contributed by atoms with van der Waals surface area (Å²) in [7, 11) is 2.05. The van der Waals surface area contributed by atoms with Gasteiger partial charge < -0.3 is 9.64 Å². The summed E-state index contributed by atoms with van der Waals surface area (Å²) >= 11 is 1.71. The molecule has 3 aromatic carbocycles. The van der Waals surface area contributed by atoms with Crippen molar-refractivity contribution >= 4 is 28.6 Å². The van der Waals surface area contributed by atoms with Crippen LogP contribution in [0, 0.1) is 6.92 Å². The maximum absolute atomic E-state index is 13.8. The second-order valence-corrected chi connectivity index (χ2v) is 9.19. The highest BCUT2D eigenvalue weighted by Crippen LogP contribution is 2.44. The molecule has 160 valence electrons. The van der Waals surface area contributed by atoms with Gasteiger partial charge in [-0.3, -0.25) is 9.69 Å². The van der Waals surface area contributed by atoms with Crippen LogP contribution in [-0.4, -0.2) is 13.0 Å². The number of carbonyl (C=O) groups is 1. The van der Waals surface area contributed by atoms with Crippen molar-refractivity contribution in [2.24, 2.45) is 0 Å². The van der Waals surface area contributed by atoms with Gasteiger partial charge in [0.1, 0.15) is 18.5 Å². The van der Waals surface area contributed by atoms with Crippen molar-refractivity contribution in [2.45, 2.75) is 19.7 Å². The molecule has 4 aromatic rings. The zero-order chi connectivity index (χ0) is 22.1. The molecule has 2 heterocycles. The second kappa shape index (κ2) is 8.52. The average Bonchev–Trinajstić information content (AvgIpc) is 3.26. The molecular weight excluding hydrogens is 416 g/mol. The van der Waals surface area contributed by atoms with Gasteiger partial charge in [-0.1, -0.05) is 54.6 Å². The minimum Gasteiger partial charge on any atom is -0.487 e. The van der Waals surface area contributed by atoms with Gasteiger partial charge in [0.15, 0.2) is 0 Å². The van der Waals surface area contributed by atoms with E-state index in [4.69, 9.17) is 4.74 Å². The van der Waals surface area contributed by atoms with Gasteiger partial charge in [-0.25, -0.2) is 0 Å². The molecule has 1 aliphatic heterocycles. The molecule has 1 aromatic heterocycles. The summed E-state index contributed by atoms with van der Waals surface area (Å²) in [5, 5.41) is 0. The van der Waals surface area contributed by atoms with E-state index in [0.29, 0.717) is 17.9 Å². The molecular formula is C27H24N2O2S. The van der Waals surface area contributed by atoms with Crippen LogP contribution in [0.4, 0.5) is 11.4 Å². The van der Waals surface area contributed by atoms with E-state index in [0.717, 1.165) is 21.8 Å². The van der Waals surface area contributed by atoms with E-state index in [-0.39, 0.29) is 12.1 Å². The summed E-state index contributed by atoms with van der Waals surface area (Å²) in [6.07, 6.45) is -0.252. The number of hydrogen-bond acceptors (Lipinski definition) is 4. The third kappa shape index (κ3) is 3.65. The molecule has 0 radical (unpaired) electrons. The summed E-state index contributed by atoms with van der Waals surface area (Å²) < 4.78 is 6.23. The van der Waals surface area contributed by atoms with Gasteiger partial charge in [0, 0.05) is 16.8 Å². The van der Waals surface area contributed by atoms with Crippen LogP contribution in [0.2, 0.25) is 0 Å².